The van der Waals surface area contributed by atoms with E-state index in [2.05, 4.69) is 4.98 Å². The third kappa shape index (κ3) is 1.93. The number of nitrogens with zero attached hydrogens (tertiary/aromatic N) is 1. The molecule has 106 valence electrons. The van der Waals surface area contributed by atoms with Gasteiger partial charge in [-0.25, -0.2) is 13.8 Å². The maximum absolute atomic E-state index is 13.3. The Morgan fingerprint density at radius 1 is 1.30 bits per heavy atom. The molecule has 1 fully saturated rings. The van der Waals surface area contributed by atoms with Crippen molar-refractivity contribution >= 4 is 10.9 Å². The molecule has 0 amide bonds. The summed E-state index contributed by atoms with van der Waals surface area (Å²) in [6.45, 7) is 0.166. The van der Waals surface area contributed by atoms with Crippen LogP contribution in [0.3, 0.4) is 0 Å². The predicted molar refractivity (Wildman–Crippen MR) is 73.2 cm³/mol. The number of alkyl halides is 2. The van der Waals surface area contributed by atoms with E-state index in [0.717, 1.165) is 10.9 Å². The summed E-state index contributed by atoms with van der Waals surface area (Å²) in [5.74, 6) is -2.25. The third-order valence-electron chi connectivity index (χ3n) is 4.04. The molecule has 1 aromatic heterocycles. The number of rotatable bonds is 3. The standard InChI is InChI=1S/C15H16F2N2O/c1-20-13-11(14(9-18)7-15(16,17)8-14)6-10-4-2-3-5-12(10)19-13/h2-6H,7-9,18H2,1H3. The Balaban J connectivity index is 2.14. The van der Waals surface area contributed by atoms with Crippen molar-refractivity contribution < 1.29 is 13.5 Å². The number of ether oxygens (including phenoxy) is 1. The van der Waals surface area contributed by atoms with E-state index in [9.17, 15) is 8.78 Å². The maximum atomic E-state index is 13.3. The lowest BCUT2D eigenvalue weighted by Gasteiger charge is -2.47. The van der Waals surface area contributed by atoms with Gasteiger partial charge in [-0.3, -0.25) is 0 Å². The van der Waals surface area contributed by atoms with E-state index < -0.39 is 11.3 Å². The summed E-state index contributed by atoms with van der Waals surface area (Å²) in [6, 6.07) is 9.43. The van der Waals surface area contributed by atoms with E-state index in [1.807, 2.05) is 30.3 Å². The van der Waals surface area contributed by atoms with Gasteiger partial charge in [0.1, 0.15) is 0 Å². The van der Waals surface area contributed by atoms with Crippen LogP contribution in [0, 0.1) is 0 Å². The molecule has 20 heavy (non-hydrogen) atoms. The number of para-hydroxylation sites is 1. The Morgan fingerprint density at radius 2 is 2.00 bits per heavy atom. The van der Waals surface area contributed by atoms with Crippen LogP contribution in [0.4, 0.5) is 8.78 Å². The van der Waals surface area contributed by atoms with E-state index in [4.69, 9.17) is 10.5 Å². The van der Waals surface area contributed by atoms with Gasteiger partial charge >= 0.3 is 0 Å². The minimum absolute atomic E-state index is 0.166. The molecule has 3 nitrogen and oxygen atoms in total. The molecule has 0 saturated heterocycles. The number of aromatic nitrogens is 1. The van der Waals surface area contributed by atoms with Crippen LogP contribution in [0.2, 0.25) is 0 Å². The second kappa shape index (κ2) is 4.38. The molecule has 1 aliphatic rings. The highest BCUT2D eigenvalue weighted by Crippen LogP contribution is 2.54. The van der Waals surface area contributed by atoms with Crippen molar-refractivity contribution in [3.63, 3.8) is 0 Å². The first-order valence-corrected chi connectivity index (χ1v) is 6.52. The Labute approximate surface area is 115 Å². The fourth-order valence-electron chi connectivity index (χ4n) is 3.02. The molecule has 5 heteroatoms. The Bertz CT molecular complexity index is 649. The smallest absolute Gasteiger partial charge is 0.250 e. The van der Waals surface area contributed by atoms with Crippen LogP contribution < -0.4 is 10.5 Å². The Hall–Kier alpha value is -1.75. The molecule has 0 spiro atoms. The number of benzene rings is 1. The molecule has 1 aliphatic carbocycles. The molecule has 0 unspecified atom stereocenters. The average Bonchev–Trinajstić information content (AvgIpc) is 2.42. The van der Waals surface area contributed by atoms with E-state index >= 15 is 0 Å². The molecule has 3 rings (SSSR count). The first kappa shape index (κ1) is 13.2. The molecule has 1 aromatic carbocycles. The zero-order chi connectivity index (χ0) is 14.4. The van der Waals surface area contributed by atoms with E-state index in [1.54, 1.807) is 0 Å². The van der Waals surface area contributed by atoms with Gasteiger partial charge in [0.2, 0.25) is 11.8 Å². The summed E-state index contributed by atoms with van der Waals surface area (Å²) in [5, 5.41) is 0.909. The van der Waals surface area contributed by atoms with Gasteiger partial charge in [0, 0.05) is 35.8 Å². The number of pyridine rings is 1. The zero-order valence-electron chi connectivity index (χ0n) is 11.2. The van der Waals surface area contributed by atoms with Crippen LogP contribution in [-0.2, 0) is 5.41 Å². The van der Waals surface area contributed by atoms with Gasteiger partial charge in [0.15, 0.2) is 0 Å². The SMILES string of the molecule is COc1nc2ccccc2cc1C1(CN)CC(F)(F)C1. The van der Waals surface area contributed by atoms with Gasteiger partial charge in [0.05, 0.1) is 12.6 Å². The molecule has 0 atom stereocenters. The van der Waals surface area contributed by atoms with Crippen LogP contribution in [0.15, 0.2) is 30.3 Å². The topological polar surface area (TPSA) is 48.1 Å². The lowest BCUT2D eigenvalue weighted by molar-refractivity contribution is -0.124. The third-order valence-corrected chi connectivity index (χ3v) is 4.04. The van der Waals surface area contributed by atoms with Crippen molar-refractivity contribution in [3.8, 4) is 5.88 Å². The van der Waals surface area contributed by atoms with Gasteiger partial charge in [-0.15, -0.1) is 0 Å². The highest BCUT2D eigenvalue weighted by Gasteiger charge is 2.57. The Kier molecular flexibility index (Phi) is 2.90. The summed E-state index contributed by atoms with van der Waals surface area (Å²) >= 11 is 0. The number of nitrogens with two attached hydrogens (primary N) is 1. The van der Waals surface area contributed by atoms with E-state index in [0.29, 0.717) is 11.4 Å². The highest BCUT2D eigenvalue weighted by atomic mass is 19.3. The summed E-state index contributed by atoms with van der Waals surface area (Å²) < 4.78 is 32.0. The number of halogens is 2. The van der Waals surface area contributed by atoms with Crippen LogP contribution in [-0.4, -0.2) is 24.6 Å². The molecule has 1 saturated carbocycles. The molecule has 2 aromatic rings. The van der Waals surface area contributed by atoms with Gasteiger partial charge in [-0.05, 0) is 12.1 Å². The molecule has 2 N–H and O–H groups in total. The van der Waals surface area contributed by atoms with Crippen molar-refractivity contribution in [3.05, 3.63) is 35.9 Å². The lowest BCUT2D eigenvalue weighted by atomic mass is 9.62. The van der Waals surface area contributed by atoms with Gasteiger partial charge < -0.3 is 10.5 Å². The van der Waals surface area contributed by atoms with Crippen molar-refractivity contribution in [2.24, 2.45) is 5.73 Å². The van der Waals surface area contributed by atoms with Crippen LogP contribution in [0.5, 0.6) is 5.88 Å². The molecule has 1 heterocycles. The number of methoxy groups -OCH3 is 1. The van der Waals surface area contributed by atoms with Crippen LogP contribution in [0.1, 0.15) is 18.4 Å². The summed E-state index contributed by atoms with van der Waals surface area (Å²) in [7, 11) is 1.50. The lowest BCUT2D eigenvalue weighted by Crippen LogP contribution is -2.53. The maximum Gasteiger partial charge on any atom is 0.250 e. The highest BCUT2D eigenvalue weighted by molar-refractivity contribution is 5.80. The van der Waals surface area contributed by atoms with Crippen molar-refractivity contribution in [1.29, 1.82) is 0 Å². The number of fused-ring (bicyclic) bond motifs is 1. The average molecular weight is 278 g/mol. The van der Waals surface area contributed by atoms with Crippen LogP contribution in [0.25, 0.3) is 10.9 Å². The second-order valence-electron chi connectivity index (χ2n) is 5.43. The first-order chi connectivity index (χ1) is 9.50. The van der Waals surface area contributed by atoms with Gasteiger partial charge in [-0.1, -0.05) is 18.2 Å². The number of hydrogen-bond donors (Lipinski definition) is 1. The summed E-state index contributed by atoms with van der Waals surface area (Å²) in [5.41, 5.74) is 6.51. The quantitative estimate of drug-likeness (QED) is 0.939. The van der Waals surface area contributed by atoms with Gasteiger partial charge in [-0.2, -0.15) is 0 Å². The second-order valence-corrected chi connectivity index (χ2v) is 5.43. The predicted octanol–water partition coefficient (Wildman–Crippen LogP) is 2.87. The monoisotopic (exact) mass is 278 g/mol. The molecular weight excluding hydrogens is 262 g/mol. The van der Waals surface area contributed by atoms with Gasteiger partial charge in [0.25, 0.3) is 0 Å². The summed E-state index contributed by atoms with van der Waals surface area (Å²) in [4.78, 5) is 4.41. The zero-order valence-corrected chi connectivity index (χ0v) is 11.2. The summed E-state index contributed by atoms with van der Waals surface area (Å²) in [6.07, 6.45) is -0.486. The normalized spacial score (nSPS) is 19.6. The molecule has 0 bridgehead atoms. The fourth-order valence-corrected chi connectivity index (χ4v) is 3.02. The van der Waals surface area contributed by atoms with Crippen molar-refractivity contribution in [1.82, 2.24) is 4.98 Å². The first-order valence-electron chi connectivity index (χ1n) is 6.52. The minimum Gasteiger partial charge on any atom is -0.481 e. The largest absolute Gasteiger partial charge is 0.481 e. The molecule has 0 aliphatic heterocycles. The van der Waals surface area contributed by atoms with Crippen LogP contribution >= 0.6 is 0 Å². The van der Waals surface area contributed by atoms with Crippen molar-refractivity contribution in [2.75, 3.05) is 13.7 Å². The molecule has 0 radical (unpaired) electrons. The van der Waals surface area contributed by atoms with E-state index in [-0.39, 0.29) is 19.4 Å². The van der Waals surface area contributed by atoms with Crippen molar-refractivity contribution in [2.45, 2.75) is 24.2 Å². The fraction of sp³-hybridized carbons (Fsp3) is 0.400. The Morgan fingerprint density at radius 3 is 2.60 bits per heavy atom. The van der Waals surface area contributed by atoms with E-state index in [1.165, 1.54) is 7.11 Å². The number of hydrogen-bond acceptors (Lipinski definition) is 3. The molecular formula is C15H16F2N2O. The minimum atomic E-state index is -2.64.